The zero-order valence-corrected chi connectivity index (χ0v) is 22.7. The van der Waals surface area contributed by atoms with E-state index in [-0.39, 0.29) is 49.6 Å². The van der Waals surface area contributed by atoms with Gasteiger partial charge in [0, 0.05) is 24.7 Å². The van der Waals surface area contributed by atoms with Crippen molar-refractivity contribution in [1.29, 1.82) is 0 Å². The smallest absolute Gasteiger partial charge is 0.344 e. The summed E-state index contributed by atoms with van der Waals surface area (Å²) >= 11 is 0. The zero-order chi connectivity index (χ0) is 29.8. The third-order valence-corrected chi connectivity index (χ3v) is 8.78. The molecule has 2 amide bonds. The largest absolute Gasteiger partial charge is 0.408 e. The van der Waals surface area contributed by atoms with Gasteiger partial charge in [-0.15, -0.1) is 0 Å². The lowest BCUT2D eigenvalue weighted by Gasteiger charge is -2.33. The van der Waals surface area contributed by atoms with Gasteiger partial charge in [0.25, 0.3) is 5.91 Å². The maximum Gasteiger partial charge on any atom is 0.408 e. The average molecular weight is 596 g/mol. The summed E-state index contributed by atoms with van der Waals surface area (Å²) < 4.78 is 74.1. The number of halogens is 5. The summed E-state index contributed by atoms with van der Waals surface area (Å²) in [6.07, 6.45) is 0.0109. The van der Waals surface area contributed by atoms with Gasteiger partial charge < -0.3 is 10.6 Å². The minimum absolute atomic E-state index is 0.0607. The van der Waals surface area contributed by atoms with Gasteiger partial charge in [-0.25, -0.2) is 22.9 Å². The number of amides is 2. The van der Waals surface area contributed by atoms with Crippen molar-refractivity contribution in [3.05, 3.63) is 41.1 Å². The number of alkyl halides is 5. The number of nitrogens with zero attached hydrogens (tertiary/aromatic N) is 5. The molecule has 1 aliphatic heterocycles. The lowest BCUT2D eigenvalue weighted by atomic mass is 9.81. The molecule has 2 N–H and O–H groups in total. The first kappa shape index (κ1) is 28.5. The van der Waals surface area contributed by atoms with Crippen LogP contribution in [0.2, 0.25) is 0 Å². The minimum Gasteiger partial charge on any atom is -0.344 e. The summed E-state index contributed by atoms with van der Waals surface area (Å²) in [4.78, 5) is 30.4. The standard InChI is InChI=1S/C27H30F5N7O3/c1-2-16(17-10-19(27(30,31)32)35-24(17)40)15-9-20-34-18(12-39(20)33-11-15)21(14-5-7-26(28,29)8-6-14)36-25(41)23-22(13-3-4-13)37-42-38-23/h9,11-14,16-17,19,21H,2-8,10H2,1H3,(H,35,40)(H,36,41)/t16-,17+,19-,21-/m0/s1. The molecule has 3 aliphatic rings. The molecule has 0 bridgehead atoms. The van der Waals surface area contributed by atoms with Crippen LogP contribution < -0.4 is 10.6 Å². The number of hydrogen-bond acceptors (Lipinski definition) is 7. The molecular formula is C27H30F5N7O3. The van der Waals surface area contributed by atoms with Crippen LogP contribution in [0.15, 0.2) is 23.1 Å². The Morgan fingerprint density at radius 1 is 1.21 bits per heavy atom. The Hall–Kier alpha value is -3.65. The van der Waals surface area contributed by atoms with Crippen molar-refractivity contribution in [3.8, 4) is 0 Å². The van der Waals surface area contributed by atoms with E-state index in [0.29, 0.717) is 29.0 Å². The van der Waals surface area contributed by atoms with E-state index >= 15 is 0 Å². The van der Waals surface area contributed by atoms with Crippen molar-refractivity contribution >= 4 is 17.5 Å². The molecule has 0 unspecified atom stereocenters. The Labute approximate surface area is 236 Å². The molecule has 3 fully saturated rings. The summed E-state index contributed by atoms with van der Waals surface area (Å²) in [6, 6.07) is -0.969. The maximum absolute atomic E-state index is 14.0. The van der Waals surface area contributed by atoms with Crippen LogP contribution in [0, 0.1) is 11.8 Å². The topological polar surface area (TPSA) is 127 Å². The van der Waals surface area contributed by atoms with Crippen LogP contribution in [0.25, 0.3) is 5.65 Å². The predicted octanol–water partition coefficient (Wildman–Crippen LogP) is 4.85. The highest BCUT2D eigenvalue weighted by Gasteiger charge is 2.50. The van der Waals surface area contributed by atoms with E-state index in [0.717, 1.165) is 12.8 Å². The molecule has 10 nitrogen and oxygen atoms in total. The molecule has 42 heavy (non-hydrogen) atoms. The summed E-state index contributed by atoms with van der Waals surface area (Å²) in [5.74, 6) is -5.61. The van der Waals surface area contributed by atoms with Crippen LogP contribution in [0.3, 0.4) is 0 Å². The van der Waals surface area contributed by atoms with E-state index in [1.54, 1.807) is 19.2 Å². The van der Waals surface area contributed by atoms with Gasteiger partial charge in [0.05, 0.1) is 24.1 Å². The van der Waals surface area contributed by atoms with Crippen LogP contribution in [0.4, 0.5) is 22.0 Å². The normalized spacial score (nSPS) is 24.5. The second kappa shape index (κ2) is 10.6. The van der Waals surface area contributed by atoms with Crippen molar-refractivity contribution in [2.24, 2.45) is 11.8 Å². The number of carbonyl (C=O) groups excluding carboxylic acids is 2. The summed E-state index contributed by atoms with van der Waals surface area (Å²) in [5.41, 5.74) is 1.85. The molecule has 4 atom stereocenters. The first-order valence-corrected chi connectivity index (χ1v) is 14.2. The Bertz CT molecular complexity index is 1470. The fraction of sp³-hybridized carbons (Fsp3) is 0.630. The van der Waals surface area contributed by atoms with Crippen molar-refractivity contribution in [1.82, 2.24) is 35.5 Å². The molecule has 3 aromatic heterocycles. The quantitative estimate of drug-likeness (QED) is 0.357. The van der Waals surface area contributed by atoms with E-state index in [2.05, 4.69) is 31.0 Å². The Balaban J connectivity index is 1.28. The molecule has 15 heteroatoms. The molecule has 1 saturated heterocycles. The molecule has 6 rings (SSSR count). The van der Waals surface area contributed by atoms with Crippen LogP contribution in [-0.2, 0) is 4.79 Å². The van der Waals surface area contributed by atoms with Gasteiger partial charge in [-0.1, -0.05) is 12.1 Å². The highest BCUT2D eigenvalue weighted by molar-refractivity contribution is 5.93. The first-order valence-electron chi connectivity index (χ1n) is 14.2. The SMILES string of the molecule is CC[C@@H](c1cnn2cc([C@@H](NC(=O)c3nonc3C3CC3)C3CCC(F)(F)CC3)nc2c1)[C@H]1C[C@@H](C(F)(F)F)NC1=O. The number of imidazole rings is 1. The van der Waals surface area contributed by atoms with Crippen LogP contribution in [-0.4, -0.2) is 54.9 Å². The molecule has 226 valence electrons. The van der Waals surface area contributed by atoms with Crippen molar-refractivity contribution < 1.29 is 36.2 Å². The van der Waals surface area contributed by atoms with Crippen LogP contribution >= 0.6 is 0 Å². The Morgan fingerprint density at radius 2 is 1.95 bits per heavy atom. The van der Waals surface area contributed by atoms with Gasteiger partial charge in [0.1, 0.15) is 11.7 Å². The molecular weight excluding hydrogens is 565 g/mol. The summed E-state index contributed by atoms with van der Waals surface area (Å²) in [7, 11) is 0. The van der Waals surface area contributed by atoms with Crippen molar-refractivity contribution in [2.45, 2.75) is 94.3 Å². The number of fused-ring (bicyclic) bond motifs is 1. The zero-order valence-electron chi connectivity index (χ0n) is 22.7. The number of hydrogen-bond donors (Lipinski definition) is 2. The molecule has 3 aromatic rings. The van der Waals surface area contributed by atoms with E-state index in [4.69, 9.17) is 4.63 Å². The third-order valence-electron chi connectivity index (χ3n) is 8.78. The number of rotatable bonds is 8. The minimum atomic E-state index is -4.53. The van der Waals surface area contributed by atoms with Gasteiger partial charge in [-0.3, -0.25) is 9.59 Å². The van der Waals surface area contributed by atoms with E-state index < -0.39 is 47.8 Å². The molecule has 0 spiro atoms. The van der Waals surface area contributed by atoms with Gasteiger partial charge in [0.15, 0.2) is 11.3 Å². The number of carbonyl (C=O) groups is 2. The van der Waals surface area contributed by atoms with E-state index in [9.17, 15) is 31.5 Å². The highest BCUT2D eigenvalue weighted by Crippen LogP contribution is 2.43. The number of nitrogens with one attached hydrogen (secondary N) is 2. The van der Waals surface area contributed by atoms with Gasteiger partial charge in [-0.2, -0.15) is 18.3 Å². The lowest BCUT2D eigenvalue weighted by molar-refractivity contribution is -0.155. The molecule has 4 heterocycles. The fourth-order valence-corrected chi connectivity index (χ4v) is 6.29. The molecule has 0 aromatic carbocycles. The van der Waals surface area contributed by atoms with Gasteiger partial charge >= 0.3 is 6.18 Å². The second-order valence-corrected chi connectivity index (χ2v) is 11.6. The highest BCUT2D eigenvalue weighted by atomic mass is 19.4. The van der Waals surface area contributed by atoms with Gasteiger partial charge in [-0.05, 0) is 67.1 Å². The molecule has 0 radical (unpaired) electrons. The van der Waals surface area contributed by atoms with Crippen molar-refractivity contribution in [2.75, 3.05) is 0 Å². The van der Waals surface area contributed by atoms with E-state index in [1.165, 1.54) is 10.7 Å². The fourth-order valence-electron chi connectivity index (χ4n) is 6.29. The average Bonchev–Trinajstić information content (AvgIpc) is 3.31. The third kappa shape index (κ3) is 5.56. The summed E-state index contributed by atoms with van der Waals surface area (Å²) in [6.45, 7) is 1.79. The number of aromatic nitrogens is 5. The maximum atomic E-state index is 14.0. The lowest BCUT2D eigenvalue weighted by Crippen LogP contribution is -2.38. The van der Waals surface area contributed by atoms with Crippen molar-refractivity contribution in [3.63, 3.8) is 0 Å². The molecule has 2 aliphatic carbocycles. The second-order valence-electron chi connectivity index (χ2n) is 11.6. The van der Waals surface area contributed by atoms with Crippen LogP contribution in [0.1, 0.15) is 104 Å². The summed E-state index contributed by atoms with van der Waals surface area (Å²) in [5, 5.41) is 17.0. The Kier molecular flexibility index (Phi) is 7.16. The predicted molar refractivity (Wildman–Crippen MR) is 135 cm³/mol. The monoisotopic (exact) mass is 595 g/mol. The van der Waals surface area contributed by atoms with E-state index in [1.807, 2.05) is 0 Å². The van der Waals surface area contributed by atoms with Crippen LogP contribution in [0.5, 0.6) is 0 Å². The first-order chi connectivity index (χ1) is 19.9. The molecule has 2 saturated carbocycles. The van der Waals surface area contributed by atoms with Gasteiger partial charge in [0.2, 0.25) is 11.8 Å². The Morgan fingerprint density at radius 3 is 2.60 bits per heavy atom.